The van der Waals surface area contributed by atoms with Gasteiger partial charge < -0.3 is 4.74 Å². The standard InChI is InChI=1S/C11H10FNO4/c1-17-11(14)7-4-8(6-2-3-6)10(13(15)16)9(12)5-7/h4-6H,2-3H2,1H3. The van der Waals surface area contributed by atoms with Gasteiger partial charge in [0.1, 0.15) is 0 Å². The van der Waals surface area contributed by atoms with Crippen molar-refractivity contribution < 1.29 is 18.8 Å². The average Bonchev–Trinajstić information content (AvgIpc) is 3.09. The van der Waals surface area contributed by atoms with E-state index in [0.717, 1.165) is 18.9 Å². The molecule has 1 saturated carbocycles. The molecule has 1 aromatic carbocycles. The number of ether oxygens (including phenoxy) is 1. The van der Waals surface area contributed by atoms with E-state index in [1.807, 2.05) is 0 Å². The van der Waals surface area contributed by atoms with Gasteiger partial charge in [0, 0.05) is 5.56 Å². The van der Waals surface area contributed by atoms with Crippen molar-refractivity contribution in [1.29, 1.82) is 0 Å². The fourth-order valence-corrected chi connectivity index (χ4v) is 1.75. The van der Waals surface area contributed by atoms with Crippen molar-refractivity contribution in [1.82, 2.24) is 0 Å². The van der Waals surface area contributed by atoms with Gasteiger partial charge in [-0.2, -0.15) is 4.39 Å². The molecule has 0 spiro atoms. The highest BCUT2D eigenvalue weighted by Crippen LogP contribution is 2.45. The molecule has 1 aliphatic rings. The zero-order valence-electron chi connectivity index (χ0n) is 9.10. The zero-order chi connectivity index (χ0) is 12.6. The molecule has 0 heterocycles. The van der Waals surface area contributed by atoms with E-state index in [2.05, 4.69) is 4.74 Å². The van der Waals surface area contributed by atoms with Gasteiger partial charge in [0.15, 0.2) is 0 Å². The van der Waals surface area contributed by atoms with Crippen LogP contribution in [-0.2, 0) is 4.74 Å². The first-order chi connectivity index (χ1) is 8.04. The van der Waals surface area contributed by atoms with E-state index in [9.17, 15) is 19.3 Å². The molecule has 1 aliphatic carbocycles. The molecule has 0 aliphatic heterocycles. The molecule has 0 atom stereocenters. The summed E-state index contributed by atoms with van der Waals surface area (Å²) < 4.78 is 18.1. The molecule has 0 amide bonds. The molecular weight excluding hydrogens is 229 g/mol. The Labute approximate surface area is 96.3 Å². The molecule has 6 heteroatoms. The molecule has 1 aromatic rings. The maximum absolute atomic E-state index is 13.6. The molecule has 17 heavy (non-hydrogen) atoms. The van der Waals surface area contributed by atoms with Gasteiger partial charge in [-0.25, -0.2) is 4.79 Å². The number of halogens is 1. The van der Waals surface area contributed by atoms with E-state index in [-0.39, 0.29) is 17.0 Å². The fraction of sp³-hybridized carbons (Fsp3) is 0.364. The van der Waals surface area contributed by atoms with Crippen LogP contribution in [0.3, 0.4) is 0 Å². The van der Waals surface area contributed by atoms with Gasteiger partial charge in [0.25, 0.3) is 0 Å². The smallest absolute Gasteiger partial charge is 0.337 e. The van der Waals surface area contributed by atoms with Crippen LogP contribution in [0.25, 0.3) is 0 Å². The molecule has 5 nitrogen and oxygen atoms in total. The number of benzene rings is 1. The number of hydrogen-bond acceptors (Lipinski definition) is 4. The lowest BCUT2D eigenvalue weighted by Crippen LogP contribution is -2.06. The molecule has 0 aromatic heterocycles. The first-order valence-electron chi connectivity index (χ1n) is 5.10. The lowest BCUT2D eigenvalue weighted by molar-refractivity contribution is -0.388. The summed E-state index contributed by atoms with van der Waals surface area (Å²) in [6, 6.07) is 2.19. The minimum absolute atomic E-state index is 0.0116. The molecule has 0 saturated heterocycles. The van der Waals surface area contributed by atoms with Crippen molar-refractivity contribution in [3.63, 3.8) is 0 Å². The number of methoxy groups -OCH3 is 1. The summed E-state index contributed by atoms with van der Waals surface area (Å²) in [6.07, 6.45) is 1.57. The largest absolute Gasteiger partial charge is 0.465 e. The van der Waals surface area contributed by atoms with Gasteiger partial charge >= 0.3 is 11.7 Å². The third-order valence-corrected chi connectivity index (χ3v) is 2.71. The second-order valence-electron chi connectivity index (χ2n) is 3.92. The fourth-order valence-electron chi connectivity index (χ4n) is 1.75. The molecule has 0 N–H and O–H groups in total. The van der Waals surface area contributed by atoms with Crippen LogP contribution in [0, 0.1) is 15.9 Å². The van der Waals surface area contributed by atoms with Crippen LogP contribution in [0.1, 0.15) is 34.7 Å². The summed E-state index contributed by atoms with van der Waals surface area (Å²) in [4.78, 5) is 21.3. The molecule has 0 bridgehead atoms. The maximum atomic E-state index is 13.6. The first-order valence-corrected chi connectivity index (χ1v) is 5.10. The lowest BCUT2D eigenvalue weighted by Gasteiger charge is -2.05. The van der Waals surface area contributed by atoms with E-state index < -0.39 is 22.4 Å². The Morgan fingerprint density at radius 3 is 2.65 bits per heavy atom. The number of hydrogen-bond donors (Lipinski definition) is 0. The summed E-state index contributed by atoms with van der Waals surface area (Å²) in [7, 11) is 1.18. The maximum Gasteiger partial charge on any atom is 0.337 e. The number of carbonyl (C=O) groups is 1. The van der Waals surface area contributed by atoms with Crippen LogP contribution in [-0.4, -0.2) is 18.0 Å². The van der Waals surface area contributed by atoms with Gasteiger partial charge in [-0.1, -0.05) is 0 Å². The topological polar surface area (TPSA) is 69.4 Å². The molecule has 2 rings (SSSR count). The summed E-state index contributed by atoms with van der Waals surface area (Å²) >= 11 is 0. The Balaban J connectivity index is 2.55. The van der Waals surface area contributed by atoms with Crippen molar-refractivity contribution >= 4 is 11.7 Å². The highest BCUT2D eigenvalue weighted by atomic mass is 19.1. The minimum Gasteiger partial charge on any atom is -0.465 e. The average molecular weight is 239 g/mol. The highest BCUT2D eigenvalue weighted by molar-refractivity contribution is 5.90. The van der Waals surface area contributed by atoms with Crippen LogP contribution in [0.4, 0.5) is 10.1 Å². The normalized spacial score (nSPS) is 14.5. The summed E-state index contributed by atoms with van der Waals surface area (Å²) in [5.41, 5.74) is -0.229. The van der Waals surface area contributed by atoms with E-state index in [1.165, 1.54) is 13.2 Å². The van der Waals surface area contributed by atoms with Gasteiger partial charge in [-0.05, 0) is 30.9 Å². The predicted molar refractivity (Wildman–Crippen MR) is 56.4 cm³/mol. The Morgan fingerprint density at radius 1 is 1.53 bits per heavy atom. The number of carbonyl (C=O) groups excluding carboxylic acids is 1. The zero-order valence-corrected chi connectivity index (χ0v) is 9.10. The highest BCUT2D eigenvalue weighted by Gasteiger charge is 2.34. The predicted octanol–water partition coefficient (Wildman–Crippen LogP) is 2.40. The van der Waals surface area contributed by atoms with Crippen molar-refractivity contribution in [2.45, 2.75) is 18.8 Å². The number of nitrogens with zero attached hydrogens (tertiary/aromatic N) is 1. The lowest BCUT2D eigenvalue weighted by atomic mass is 10.0. The summed E-state index contributed by atoms with van der Waals surface area (Å²) in [5, 5.41) is 10.8. The molecule has 0 radical (unpaired) electrons. The van der Waals surface area contributed by atoms with E-state index in [1.54, 1.807) is 0 Å². The van der Waals surface area contributed by atoms with Gasteiger partial charge in [0.05, 0.1) is 17.6 Å². The van der Waals surface area contributed by atoms with Crippen molar-refractivity contribution in [3.05, 3.63) is 39.2 Å². The monoisotopic (exact) mass is 239 g/mol. The molecular formula is C11H10FNO4. The van der Waals surface area contributed by atoms with Gasteiger partial charge in [-0.3, -0.25) is 10.1 Å². The first kappa shape index (κ1) is 11.5. The minimum atomic E-state index is -0.986. The second kappa shape index (κ2) is 4.12. The third-order valence-electron chi connectivity index (χ3n) is 2.71. The van der Waals surface area contributed by atoms with Gasteiger partial charge in [0.2, 0.25) is 5.82 Å². The summed E-state index contributed by atoms with van der Waals surface area (Å²) in [6.45, 7) is 0. The number of nitro groups is 1. The Morgan fingerprint density at radius 2 is 2.18 bits per heavy atom. The third kappa shape index (κ3) is 2.11. The number of esters is 1. The Hall–Kier alpha value is -1.98. The molecule has 0 unspecified atom stereocenters. The SMILES string of the molecule is COC(=O)c1cc(F)c([N+](=O)[O-])c(C2CC2)c1. The van der Waals surface area contributed by atoms with Crippen molar-refractivity contribution in [2.24, 2.45) is 0 Å². The summed E-state index contributed by atoms with van der Waals surface area (Å²) in [5.74, 6) is -1.70. The van der Waals surface area contributed by atoms with Crippen molar-refractivity contribution in [2.75, 3.05) is 7.11 Å². The second-order valence-corrected chi connectivity index (χ2v) is 3.92. The van der Waals surface area contributed by atoms with E-state index >= 15 is 0 Å². The van der Waals surface area contributed by atoms with Crippen LogP contribution in [0.5, 0.6) is 0 Å². The molecule has 1 fully saturated rings. The van der Waals surface area contributed by atoms with E-state index in [0.29, 0.717) is 0 Å². The number of nitro benzene ring substituents is 1. The quantitative estimate of drug-likeness (QED) is 0.461. The Bertz CT molecular complexity index is 496. The van der Waals surface area contributed by atoms with Crippen LogP contribution >= 0.6 is 0 Å². The van der Waals surface area contributed by atoms with Crippen LogP contribution in [0.15, 0.2) is 12.1 Å². The van der Waals surface area contributed by atoms with Crippen molar-refractivity contribution in [3.8, 4) is 0 Å². The number of rotatable bonds is 3. The van der Waals surface area contributed by atoms with Crippen LogP contribution in [0.2, 0.25) is 0 Å². The Kier molecular flexibility index (Phi) is 2.79. The van der Waals surface area contributed by atoms with Gasteiger partial charge in [-0.15, -0.1) is 0 Å². The molecule has 90 valence electrons. The van der Waals surface area contributed by atoms with Crippen LogP contribution < -0.4 is 0 Å². The van der Waals surface area contributed by atoms with E-state index in [4.69, 9.17) is 0 Å².